The van der Waals surface area contributed by atoms with E-state index in [0.717, 1.165) is 41.6 Å². The largest absolute Gasteiger partial charge is 0.492 e. The zero-order valence-electron chi connectivity index (χ0n) is 16.5. The maximum absolute atomic E-state index is 12.5. The Kier molecular flexibility index (Phi) is 6.11. The van der Waals surface area contributed by atoms with Gasteiger partial charge in [0.1, 0.15) is 11.3 Å². The predicted octanol–water partition coefficient (Wildman–Crippen LogP) is 2.95. The highest BCUT2D eigenvalue weighted by molar-refractivity contribution is 5.87. The minimum absolute atomic E-state index is 0.00758. The molecule has 0 bridgehead atoms. The number of amides is 1. The number of carbonyl (C=O) groups excluding carboxylic acids is 1. The van der Waals surface area contributed by atoms with Gasteiger partial charge in [0.25, 0.3) is 0 Å². The first-order valence-corrected chi connectivity index (χ1v) is 9.76. The Morgan fingerprint density at radius 3 is 2.78 bits per heavy atom. The van der Waals surface area contributed by atoms with E-state index in [1.807, 2.05) is 39.0 Å². The van der Waals surface area contributed by atoms with Crippen molar-refractivity contribution in [2.75, 3.05) is 11.9 Å². The van der Waals surface area contributed by atoms with E-state index in [9.17, 15) is 4.79 Å². The van der Waals surface area contributed by atoms with Crippen LogP contribution in [0.5, 0.6) is 5.75 Å². The van der Waals surface area contributed by atoms with Crippen LogP contribution in [0.2, 0.25) is 0 Å². The van der Waals surface area contributed by atoms with Crippen molar-refractivity contribution in [3.63, 3.8) is 0 Å². The molecule has 1 aromatic heterocycles. The Morgan fingerprint density at radius 2 is 2.07 bits per heavy atom. The minimum atomic E-state index is -0.401. The molecule has 1 saturated heterocycles. The molecular formula is C20H29N5O2. The van der Waals surface area contributed by atoms with Crippen molar-refractivity contribution in [2.45, 2.75) is 59.3 Å². The summed E-state index contributed by atoms with van der Waals surface area (Å²) in [6.07, 6.45) is 2.63. The van der Waals surface area contributed by atoms with Crippen LogP contribution >= 0.6 is 0 Å². The van der Waals surface area contributed by atoms with Gasteiger partial charge in [0.2, 0.25) is 11.9 Å². The number of rotatable bonds is 7. The number of para-hydroxylation sites is 1. The molecule has 0 spiro atoms. The fourth-order valence-electron chi connectivity index (χ4n) is 3.53. The van der Waals surface area contributed by atoms with Gasteiger partial charge in [0, 0.05) is 11.4 Å². The Labute approximate surface area is 160 Å². The molecule has 7 nitrogen and oxygen atoms in total. The lowest BCUT2D eigenvalue weighted by atomic mass is 9.92. The second kappa shape index (κ2) is 8.52. The van der Waals surface area contributed by atoms with Gasteiger partial charge in [-0.15, -0.1) is 0 Å². The van der Waals surface area contributed by atoms with Crippen molar-refractivity contribution >= 4 is 22.8 Å². The summed E-state index contributed by atoms with van der Waals surface area (Å²) in [4.78, 5) is 21.7. The lowest BCUT2D eigenvalue weighted by Crippen LogP contribution is -2.63. The van der Waals surface area contributed by atoms with Gasteiger partial charge >= 0.3 is 0 Å². The van der Waals surface area contributed by atoms with E-state index in [1.54, 1.807) is 0 Å². The maximum atomic E-state index is 12.5. The topological polar surface area (TPSA) is 88.2 Å². The molecule has 3 unspecified atom stereocenters. The standard InChI is InChI=1S/C20H29N5O2/c1-5-7-9-15-13(4)22-20(24-18(15)26)25-19-21-12(3)14-10-8-11-16(27-6-2)17(14)23-19/h8,10-11,13,15,20,22H,5-7,9H2,1-4H3,(H,24,26)(H,21,23,25). The Hall–Kier alpha value is -2.41. The van der Waals surface area contributed by atoms with Crippen LogP contribution in [0, 0.1) is 12.8 Å². The number of carbonyl (C=O) groups is 1. The summed E-state index contributed by atoms with van der Waals surface area (Å²) in [5.74, 6) is 1.26. The molecule has 2 aromatic rings. The number of benzene rings is 1. The van der Waals surface area contributed by atoms with Crippen LogP contribution in [-0.2, 0) is 4.79 Å². The van der Waals surface area contributed by atoms with Crippen LogP contribution in [0.15, 0.2) is 18.2 Å². The van der Waals surface area contributed by atoms with Crippen molar-refractivity contribution in [2.24, 2.45) is 5.92 Å². The van der Waals surface area contributed by atoms with E-state index in [1.165, 1.54) is 0 Å². The highest BCUT2D eigenvalue weighted by Crippen LogP contribution is 2.27. The molecule has 1 fully saturated rings. The second-order valence-corrected chi connectivity index (χ2v) is 7.01. The number of hydrogen-bond acceptors (Lipinski definition) is 6. The highest BCUT2D eigenvalue weighted by atomic mass is 16.5. The van der Waals surface area contributed by atoms with E-state index in [4.69, 9.17) is 4.74 Å². The van der Waals surface area contributed by atoms with E-state index in [2.05, 4.69) is 32.8 Å². The molecule has 3 N–H and O–H groups in total. The van der Waals surface area contributed by atoms with Crippen LogP contribution in [0.3, 0.4) is 0 Å². The third-order valence-electron chi connectivity index (χ3n) is 4.98. The third-order valence-corrected chi connectivity index (χ3v) is 4.98. The number of unbranched alkanes of at least 4 members (excludes halogenated alkanes) is 1. The molecule has 1 aliphatic heterocycles. The molecule has 0 aliphatic carbocycles. The zero-order valence-corrected chi connectivity index (χ0v) is 16.5. The molecule has 27 heavy (non-hydrogen) atoms. The van der Waals surface area contributed by atoms with Crippen molar-refractivity contribution in [1.29, 1.82) is 0 Å². The van der Waals surface area contributed by atoms with Crippen LogP contribution in [0.1, 0.15) is 45.7 Å². The van der Waals surface area contributed by atoms with Crippen LogP contribution in [0.25, 0.3) is 10.9 Å². The minimum Gasteiger partial charge on any atom is -0.492 e. The first kappa shape index (κ1) is 19.4. The normalized spacial score (nSPS) is 22.5. The van der Waals surface area contributed by atoms with Crippen molar-refractivity contribution in [3.8, 4) is 5.75 Å². The molecule has 7 heteroatoms. The average molecular weight is 371 g/mol. The fourth-order valence-corrected chi connectivity index (χ4v) is 3.53. The Morgan fingerprint density at radius 1 is 1.26 bits per heavy atom. The third kappa shape index (κ3) is 4.30. The quantitative estimate of drug-likeness (QED) is 0.694. The lowest BCUT2D eigenvalue weighted by molar-refractivity contribution is -0.129. The van der Waals surface area contributed by atoms with E-state index < -0.39 is 6.29 Å². The number of nitrogens with zero attached hydrogens (tertiary/aromatic N) is 2. The number of ether oxygens (including phenoxy) is 1. The lowest BCUT2D eigenvalue weighted by Gasteiger charge is -2.36. The molecule has 0 radical (unpaired) electrons. The Bertz CT molecular complexity index is 810. The summed E-state index contributed by atoms with van der Waals surface area (Å²) in [5.41, 5.74) is 1.63. The molecule has 1 aliphatic rings. The first-order chi connectivity index (χ1) is 13.0. The van der Waals surface area contributed by atoms with Gasteiger partial charge in [-0.05, 0) is 33.3 Å². The summed E-state index contributed by atoms with van der Waals surface area (Å²) in [6.45, 7) is 8.65. The van der Waals surface area contributed by atoms with Gasteiger partial charge in [0.05, 0.1) is 18.2 Å². The molecule has 3 rings (SSSR count). The summed E-state index contributed by atoms with van der Waals surface area (Å²) in [6, 6.07) is 5.92. The van der Waals surface area contributed by atoms with Crippen molar-refractivity contribution < 1.29 is 9.53 Å². The molecule has 2 heterocycles. The van der Waals surface area contributed by atoms with Gasteiger partial charge < -0.3 is 15.4 Å². The molecule has 3 atom stereocenters. The molecule has 0 saturated carbocycles. The highest BCUT2D eigenvalue weighted by Gasteiger charge is 2.33. The maximum Gasteiger partial charge on any atom is 0.227 e. The molecular weight excluding hydrogens is 342 g/mol. The summed E-state index contributed by atoms with van der Waals surface area (Å²) in [7, 11) is 0. The van der Waals surface area contributed by atoms with Gasteiger partial charge in [0.15, 0.2) is 6.29 Å². The number of fused-ring (bicyclic) bond motifs is 1. The van der Waals surface area contributed by atoms with Crippen LogP contribution in [0.4, 0.5) is 5.95 Å². The monoisotopic (exact) mass is 371 g/mol. The molecule has 1 aromatic carbocycles. The van der Waals surface area contributed by atoms with E-state index in [0.29, 0.717) is 12.6 Å². The Balaban J connectivity index is 1.79. The van der Waals surface area contributed by atoms with Crippen molar-refractivity contribution in [3.05, 3.63) is 23.9 Å². The van der Waals surface area contributed by atoms with Crippen LogP contribution < -0.4 is 20.7 Å². The zero-order chi connectivity index (χ0) is 19.4. The predicted molar refractivity (Wildman–Crippen MR) is 107 cm³/mol. The number of nitrogens with one attached hydrogen (secondary N) is 3. The van der Waals surface area contributed by atoms with Crippen LogP contribution in [-0.4, -0.2) is 34.8 Å². The fraction of sp³-hybridized carbons (Fsp3) is 0.550. The molecule has 1 amide bonds. The number of hydrogen-bond donors (Lipinski definition) is 3. The van der Waals surface area contributed by atoms with Gasteiger partial charge in [-0.3, -0.25) is 10.1 Å². The number of aromatic nitrogens is 2. The van der Waals surface area contributed by atoms with Gasteiger partial charge in [-0.2, -0.15) is 0 Å². The van der Waals surface area contributed by atoms with Gasteiger partial charge in [-0.25, -0.2) is 9.97 Å². The van der Waals surface area contributed by atoms with Crippen molar-refractivity contribution in [1.82, 2.24) is 20.6 Å². The number of aryl methyl sites for hydroxylation is 1. The summed E-state index contributed by atoms with van der Waals surface area (Å²) >= 11 is 0. The van der Waals surface area contributed by atoms with E-state index in [-0.39, 0.29) is 17.9 Å². The molecule has 146 valence electrons. The average Bonchev–Trinajstić information content (AvgIpc) is 2.62. The summed E-state index contributed by atoms with van der Waals surface area (Å²) in [5, 5.41) is 10.6. The SMILES string of the molecule is CCCCC1C(=O)NC(Nc2nc(C)c3cccc(OCC)c3n2)NC1C. The number of anilines is 1. The van der Waals surface area contributed by atoms with Gasteiger partial charge in [-0.1, -0.05) is 31.9 Å². The van der Waals surface area contributed by atoms with E-state index >= 15 is 0 Å². The smallest absolute Gasteiger partial charge is 0.227 e. The first-order valence-electron chi connectivity index (χ1n) is 9.76. The summed E-state index contributed by atoms with van der Waals surface area (Å²) < 4.78 is 5.70. The second-order valence-electron chi connectivity index (χ2n) is 7.01.